The molecule has 0 aliphatic carbocycles. The average molecular weight is 154 g/mol. The molecule has 0 spiro atoms. The first-order valence-corrected chi connectivity index (χ1v) is 2.65. The SMILES string of the molecule is CC#N.O=C(Cl)CCl. The number of rotatable bonds is 1. The quantitative estimate of drug-likeness (QED) is 0.424. The van der Waals surface area contributed by atoms with Crippen molar-refractivity contribution >= 4 is 28.4 Å². The molecule has 8 heavy (non-hydrogen) atoms. The smallest absolute Gasteiger partial charge is 0.236 e. The van der Waals surface area contributed by atoms with E-state index < -0.39 is 5.24 Å². The molecule has 2 nitrogen and oxygen atoms in total. The molecule has 0 aromatic heterocycles. The lowest BCUT2D eigenvalue weighted by molar-refractivity contribution is -0.109. The molecule has 0 saturated heterocycles. The van der Waals surface area contributed by atoms with Crippen molar-refractivity contribution in [2.75, 3.05) is 5.88 Å². The summed E-state index contributed by atoms with van der Waals surface area (Å²) in [5, 5.41) is 6.81. The van der Waals surface area contributed by atoms with Crippen molar-refractivity contribution in [3.05, 3.63) is 0 Å². The average Bonchev–Trinajstić information content (AvgIpc) is 1.69. The van der Waals surface area contributed by atoms with Crippen molar-refractivity contribution in [3.8, 4) is 6.07 Å². The zero-order valence-corrected chi connectivity index (χ0v) is 5.83. The van der Waals surface area contributed by atoms with E-state index in [1.807, 2.05) is 0 Å². The monoisotopic (exact) mass is 153 g/mol. The molecule has 0 saturated carbocycles. The van der Waals surface area contributed by atoms with Crippen LogP contribution in [0.2, 0.25) is 0 Å². The second-order valence-corrected chi connectivity index (χ2v) is 1.40. The second-order valence-electron chi connectivity index (χ2n) is 0.712. The standard InChI is InChI=1S/C2H2Cl2O.C2H3N/c3-1-2(4)5;1-2-3/h1H2;1H3. The summed E-state index contributed by atoms with van der Waals surface area (Å²) in [6.07, 6.45) is 0. The van der Waals surface area contributed by atoms with E-state index in [0.29, 0.717) is 0 Å². The van der Waals surface area contributed by atoms with E-state index >= 15 is 0 Å². The first-order chi connectivity index (χ1) is 3.68. The van der Waals surface area contributed by atoms with Gasteiger partial charge in [0.1, 0.15) is 0 Å². The molecule has 0 aromatic rings. The Hall–Kier alpha value is -0.260. The summed E-state index contributed by atoms with van der Waals surface area (Å²) in [4.78, 5) is 9.45. The van der Waals surface area contributed by atoms with Crippen molar-refractivity contribution < 1.29 is 4.79 Å². The third-order valence-corrected chi connectivity index (χ3v) is 0.618. The third kappa shape index (κ3) is 42.6. The maximum absolute atomic E-state index is 9.45. The summed E-state index contributed by atoms with van der Waals surface area (Å²) in [6, 6.07) is 1.75. The van der Waals surface area contributed by atoms with Gasteiger partial charge in [-0.05, 0) is 11.6 Å². The minimum atomic E-state index is -0.508. The lowest BCUT2D eigenvalue weighted by Crippen LogP contribution is -1.81. The van der Waals surface area contributed by atoms with Crippen LogP contribution >= 0.6 is 23.2 Å². The van der Waals surface area contributed by atoms with Gasteiger partial charge in [0.15, 0.2) is 0 Å². The molecular weight excluding hydrogens is 149 g/mol. The van der Waals surface area contributed by atoms with E-state index in [9.17, 15) is 4.79 Å². The van der Waals surface area contributed by atoms with E-state index in [4.69, 9.17) is 28.5 Å². The van der Waals surface area contributed by atoms with Gasteiger partial charge < -0.3 is 0 Å². The maximum atomic E-state index is 9.45. The Bertz CT molecular complexity index is 96.7. The Labute approximate surface area is 58.0 Å². The molecule has 0 aromatic carbocycles. The van der Waals surface area contributed by atoms with Crippen molar-refractivity contribution in [1.82, 2.24) is 0 Å². The molecule has 0 N–H and O–H groups in total. The number of halogens is 2. The molecule has 0 radical (unpaired) electrons. The zero-order chi connectivity index (χ0) is 6.99. The molecule has 46 valence electrons. The third-order valence-electron chi connectivity index (χ3n) is 0.105. The van der Waals surface area contributed by atoms with E-state index in [0.717, 1.165) is 0 Å². The van der Waals surface area contributed by atoms with Gasteiger partial charge in [-0.25, -0.2) is 0 Å². The number of hydrogen-bond donors (Lipinski definition) is 0. The van der Waals surface area contributed by atoms with Crippen LogP contribution in [0.4, 0.5) is 0 Å². The molecule has 0 aliphatic heterocycles. The Balaban J connectivity index is 0. The lowest BCUT2D eigenvalue weighted by atomic mass is 10.9. The van der Waals surface area contributed by atoms with Crippen molar-refractivity contribution in [2.45, 2.75) is 6.92 Å². The van der Waals surface area contributed by atoms with Crippen LogP contribution in [0.1, 0.15) is 6.92 Å². The Morgan fingerprint density at radius 2 is 2.00 bits per heavy atom. The van der Waals surface area contributed by atoms with Crippen molar-refractivity contribution in [3.63, 3.8) is 0 Å². The van der Waals surface area contributed by atoms with E-state index in [2.05, 4.69) is 0 Å². The molecule has 0 rings (SSSR count). The highest BCUT2D eigenvalue weighted by molar-refractivity contribution is 6.67. The number of alkyl halides is 1. The van der Waals surface area contributed by atoms with Crippen molar-refractivity contribution in [1.29, 1.82) is 5.26 Å². The summed E-state index contributed by atoms with van der Waals surface area (Å²) in [6.45, 7) is 1.43. The van der Waals surface area contributed by atoms with E-state index in [1.165, 1.54) is 6.92 Å². The molecule has 4 heteroatoms. The number of nitriles is 1. The van der Waals surface area contributed by atoms with Crippen LogP contribution in [0.5, 0.6) is 0 Å². The van der Waals surface area contributed by atoms with Gasteiger partial charge in [0, 0.05) is 6.92 Å². The Morgan fingerprint density at radius 3 is 2.00 bits per heavy atom. The normalized spacial score (nSPS) is 5.75. The topological polar surface area (TPSA) is 40.9 Å². The first kappa shape index (κ1) is 10.7. The van der Waals surface area contributed by atoms with Gasteiger partial charge in [0.05, 0.1) is 11.9 Å². The number of nitrogens with zero attached hydrogens (tertiary/aromatic N) is 1. The lowest BCUT2D eigenvalue weighted by Gasteiger charge is -1.65. The fourth-order valence-corrected chi connectivity index (χ4v) is 0. The molecule has 0 fully saturated rings. The highest BCUT2D eigenvalue weighted by Gasteiger charge is 1.83. The summed E-state index contributed by atoms with van der Waals surface area (Å²) < 4.78 is 0. The van der Waals surface area contributed by atoms with Crippen LogP contribution in [0.3, 0.4) is 0 Å². The Kier molecular flexibility index (Phi) is 13.2. The number of carbonyl (C=O) groups excluding carboxylic acids is 1. The fraction of sp³-hybridized carbons (Fsp3) is 0.500. The van der Waals surface area contributed by atoms with Crippen LogP contribution in [-0.4, -0.2) is 11.1 Å². The van der Waals surface area contributed by atoms with E-state index in [1.54, 1.807) is 6.07 Å². The van der Waals surface area contributed by atoms with Crippen LogP contribution < -0.4 is 0 Å². The summed E-state index contributed by atoms with van der Waals surface area (Å²) in [7, 11) is 0. The van der Waals surface area contributed by atoms with Gasteiger partial charge in [-0.1, -0.05) is 0 Å². The van der Waals surface area contributed by atoms with Crippen LogP contribution in [0.15, 0.2) is 0 Å². The molecule has 0 unspecified atom stereocenters. The summed E-state index contributed by atoms with van der Waals surface area (Å²) in [5.41, 5.74) is 0. The van der Waals surface area contributed by atoms with Gasteiger partial charge >= 0.3 is 0 Å². The second kappa shape index (κ2) is 9.88. The predicted molar refractivity (Wildman–Crippen MR) is 32.9 cm³/mol. The van der Waals surface area contributed by atoms with Gasteiger partial charge in [0.2, 0.25) is 5.24 Å². The molecule has 0 atom stereocenters. The zero-order valence-electron chi connectivity index (χ0n) is 4.32. The first-order valence-electron chi connectivity index (χ1n) is 1.74. The maximum Gasteiger partial charge on any atom is 0.236 e. The fourth-order valence-electron chi connectivity index (χ4n) is 0. The van der Waals surface area contributed by atoms with Crippen LogP contribution in [-0.2, 0) is 4.79 Å². The minimum Gasteiger partial charge on any atom is -0.280 e. The van der Waals surface area contributed by atoms with Gasteiger partial charge in [0.25, 0.3) is 0 Å². The van der Waals surface area contributed by atoms with Crippen LogP contribution in [0, 0.1) is 11.3 Å². The molecular formula is C4H5Cl2NO. The largest absolute Gasteiger partial charge is 0.280 e. The van der Waals surface area contributed by atoms with Gasteiger partial charge in [-0.15, -0.1) is 11.6 Å². The molecule has 0 amide bonds. The van der Waals surface area contributed by atoms with Gasteiger partial charge in [-0.2, -0.15) is 5.26 Å². The molecule has 0 heterocycles. The highest BCUT2D eigenvalue weighted by Crippen LogP contribution is 1.80. The molecule has 0 aliphatic rings. The van der Waals surface area contributed by atoms with Gasteiger partial charge in [-0.3, -0.25) is 4.79 Å². The number of hydrogen-bond acceptors (Lipinski definition) is 2. The molecule has 0 bridgehead atoms. The van der Waals surface area contributed by atoms with Crippen molar-refractivity contribution in [2.24, 2.45) is 0 Å². The van der Waals surface area contributed by atoms with Crippen LogP contribution in [0.25, 0.3) is 0 Å². The number of carbonyl (C=O) groups is 1. The highest BCUT2D eigenvalue weighted by atomic mass is 35.5. The summed E-state index contributed by atoms with van der Waals surface area (Å²) in [5.74, 6) is -0.0957. The predicted octanol–water partition coefficient (Wildman–Crippen LogP) is 1.52. The minimum absolute atomic E-state index is 0.0957. The summed E-state index contributed by atoms with van der Waals surface area (Å²) >= 11 is 9.55. The Morgan fingerprint density at radius 1 is 1.88 bits per heavy atom. The van der Waals surface area contributed by atoms with E-state index in [-0.39, 0.29) is 5.88 Å².